The van der Waals surface area contributed by atoms with Crippen LogP contribution in [0.5, 0.6) is 0 Å². The van der Waals surface area contributed by atoms with Crippen LogP contribution in [0.4, 0.5) is 0 Å². The Morgan fingerprint density at radius 1 is 1.25 bits per heavy atom. The van der Waals surface area contributed by atoms with Gasteiger partial charge in [-0.1, -0.05) is 19.4 Å². The molecule has 0 aromatic carbocycles. The minimum absolute atomic E-state index is 0.00300. The van der Waals surface area contributed by atoms with Gasteiger partial charge in [0.2, 0.25) is 5.91 Å². The molecule has 2 fully saturated rings. The topological polar surface area (TPSA) is 69.7 Å². The van der Waals surface area contributed by atoms with Crippen molar-refractivity contribution in [3.8, 4) is 0 Å². The van der Waals surface area contributed by atoms with Gasteiger partial charge in [-0.05, 0) is 56.5 Å². The van der Waals surface area contributed by atoms with Gasteiger partial charge >= 0.3 is 0 Å². The molecule has 0 bridgehead atoms. The van der Waals surface area contributed by atoms with Crippen LogP contribution in [0.3, 0.4) is 0 Å². The third-order valence-corrected chi connectivity index (χ3v) is 9.22. The van der Waals surface area contributed by atoms with Gasteiger partial charge in [0, 0.05) is 32.2 Å². The molecule has 1 aromatic rings. The van der Waals surface area contributed by atoms with Gasteiger partial charge in [0.05, 0.1) is 5.92 Å². The summed E-state index contributed by atoms with van der Waals surface area (Å²) in [5, 5.41) is 4.82. The first-order chi connectivity index (χ1) is 13.5. The molecule has 2 aliphatic rings. The lowest BCUT2D eigenvalue weighted by molar-refractivity contribution is -0.126. The monoisotopic (exact) mass is 427 g/mol. The van der Waals surface area contributed by atoms with E-state index in [0.29, 0.717) is 23.3 Å². The van der Waals surface area contributed by atoms with Crippen LogP contribution in [0.2, 0.25) is 0 Å². The van der Waals surface area contributed by atoms with Crippen molar-refractivity contribution >= 4 is 27.3 Å². The summed E-state index contributed by atoms with van der Waals surface area (Å²) in [7, 11) is -3.47. The number of likely N-dealkylation sites (tertiary alicyclic amines) is 1. The maximum atomic E-state index is 12.7. The van der Waals surface area contributed by atoms with Crippen LogP contribution >= 0.6 is 11.3 Å². The zero-order valence-corrected chi connectivity index (χ0v) is 18.4. The molecule has 1 N–H and O–H groups in total. The van der Waals surface area contributed by atoms with Crippen LogP contribution in [0.1, 0.15) is 51.9 Å². The van der Waals surface area contributed by atoms with Crippen molar-refractivity contribution in [2.45, 2.75) is 62.1 Å². The fourth-order valence-corrected chi connectivity index (χ4v) is 7.04. The molecule has 1 amide bonds. The Balaban J connectivity index is 1.44. The van der Waals surface area contributed by atoms with Gasteiger partial charge in [-0.3, -0.25) is 4.79 Å². The number of rotatable bonds is 8. The molecule has 0 radical (unpaired) electrons. The summed E-state index contributed by atoms with van der Waals surface area (Å²) in [6, 6.07) is 4.07. The molecule has 2 atom stereocenters. The molecular formula is C20H33N3O3S2. The summed E-state index contributed by atoms with van der Waals surface area (Å²) < 4.78 is 27.3. The number of hydrogen-bond acceptors (Lipinski definition) is 5. The summed E-state index contributed by atoms with van der Waals surface area (Å²) in [5.41, 5.74) is 0. The Bertz CT molecular complexity index is 721. The van der Waals surface area contributed by atoms with Crippen molar-refractivity contribution in [3.63, 3.8) is 0 Å². The third-order valence-electron chi connectivity index (χ3n) is 5.99. The molecule has 6 nitrogen and oxygen atoms in total. The van der Waals surface area contributed by atoms with Crippen molar-refractivity contribution in [2.24, 2.45) is 5.92 Å². The highest BCUT2D eigenvalue weighted by Gasteiger charge is 2.33. The SMILES string of the molecule is CC[C@H]1CCCCN1CCCNC(=O)[C@H]1CCCN(S(=O)(=O)c2cccs2)C1. The van der Waals surface area contributed by atoms with Gasteiger partial charge in [-0.15, -0.1) is 11.3 Å². The predicted octanol–water partition coefficient (Wildman–Crippen LogP) is 2.92. The van der Waals surface area contributed by atoms with Crippen molar-refractivity contribution < 1.29 is 13.2 Å². The molecule has 2 saturated heterocycles. The second-order valence-corrected chi connectivity index (χ2v) is 11.0. The molecule has 2 aliphatic heterocycles. The van der Waals surface area contributed by atoms with Gasteiger partial charge in [-0.25, -0.2) is 8.42 Å². The molecule has 8 heteroatoms. The van der Waals surface area contributed by atoms with Crippen LogP contribution in [-0.2, 0) is 14.8 Å². The highest BCUT2D eigenvalue weighted by Crippen LogP contribution is 2.26. The van der Waals surface area contributed by atoms with Gasteiger partial charge in [0.15, 0.2) is 0 Å². The van der Waals surface area contributed by atoms with Crippen molar-refractivity contribution in [1.29, 1.82) is 0 Å². The number of nitrogens with zero attached hydrogens (tertiary/aromatic N) is 2. The van der Waals surface area contributed by atoms with E-state index in [1.54, 1.807) is 17.5 Å². The van der Waals surface area contributed by atoms with Gasteiger partial charge in [0.25, 0.3) is 10.0 Å². The Labute approximate surface area is 173 Å². The number of piperidine rings is 2. The molecule has 3 rings (SSSR count). The van der Waals surface area contributed by atoms with Crippen molar-refractivity contribution in [3.05, 3.63) is 17.5 Å². The molecule has 0 unspecified atom stereocenters. The third kappa shape index (κ3) is 5.34. The molecule has 1 aromatic heterocycles. The van der Waals surface area contributed by atoms with E-state index in [1.807, 2.05) is 0 Å². The first kappa shape index (κ1) is 21.7. The minimum Gasteiger partial charge on any atom is -0.356 e. The fraction of sp³-hybridized carbons (Fsp3) is 0.750. The summed E-state index contributed by atoms with van der Waals surface area (Å²) >= 11 is 1.23. The molecule has 0 saturated carbocycles. The standard InChI is InChI=1S/C20H33N3O3S2/c1-2-18-9-3-4-12-22(18)13-7-11-21-20(24)17-8-5-14-23(16-17)28(25,26)19-10-6-15-27-19/h6,10,15,17-18H,2-5,7-9,11-14,16H2,1H3,(H,21,24)/t17-,18-/m0/s1. The minimum atomic E-state index is -3.47. The van der Waals surface area contributed by atoms with E-state index in [-0.39, 0.29) is 18.4 Å². The van der Waals surface area contributed by atoms with Crippen LogP contribution in [0.15, 0.2) is 21.7 Å². The Hall–Kier alpha value is -0.960. The number of carbonyl (C=O) groups excluding carboxylic acids is 1. The average Bonchev–Trinajstić information content (AvgIpc) is 3.27. The molecule has 158 valence electrons. The first-order valence-electron chi connectivity index (χ1n) is 10.6. The molecule has 0 spiro atoms. The Kier molecular flexibility index (Phi) is 7.91. The van der Waals surface area contributed by atoms with Crippen LogP contribution in [0, 0.1) is 5.92 Å². The highest BCUT2D eigenvalue weighted by molar-refractivity contribution is 7.91. The van der Waals surface area contributed by atoms with E-state index >= 15 is 0 Å². The van der Waals surface area contributed by atoms with Crippen molar-refractivity contribution in [1.82, 2.24) is 14.5 Å². The van der Waals surface area contributed by atoms with Gasteiger partial charge in [-0.2, -0.15) is 4.31 Å². The second kappa shape index (κ2) is 10.2. The number of thiophene rings is 1. The lowest BCUT2D eigenvalue weighted by atomic mass is 9.98. The number of amides is 1. The molecule has 0 aliphatic carbocycles. The fourth-order valence-electron chi connectivity index (χ4n) is 4.37. The smallest absolute Gasteiger partial charge is 0.252 e. The summed E-state index contributed by atoms with van der Waals surface area (Å²) in [6.07, 6.45) is 7.54. The lowest BCUT2D eigenvalue weighted by Crippen LogP contribution is -2.46. The summed E-state index contributed by atoms with van der Waals surface area (Å²) in [4.78, 5) is 15.1. The van der Waals surface area contributed by atoms with Crippen LogP contribution in [-0.4, -0.2) is 62.3 Å². The zero-order chi connectivity index (χ0) is 20.0. The van der Waals surface area contributed by atoms with E-state index in [9.17, 15) is 13.2 Å². The second-order valence-electron chi connectivity index (χ2n) is 7.87. The zero-order valence-electron chi connectivity index (χ0n) is 16.8. The predicted molar refractivity (Wildman–Crippen MR) is 113 cm³/mol. The van der Waals surface area contributed by atoms with Gasteiger partial charge in [0.1, 0.15) is 4.21 Å². The quantitative estimate of drug-likeness (QED) is 0.648. The molecular weight excluding hydrogens is 394 g/mol. The van der Waals surface area contributed by atoms with Gasteiger partial charge < -0.3 is 10.2 Å². The summed E-state index contributed by atoms with van der Waals surface area (Å²) in [6.45, 7) is 5.91. The highest BCUT2D eigenvalue weighted by atomic mass is 32.2. The van der Waals surface area contributed by atoms with E-state index in [4.69, 9.17) is 0 Å². The first-order valence-corrected chi connectivity index (χ1v) is 12.9. The van der Waals surface area contributed by atoms with E-state index < -0.39 is 10.0 Å². The lowest BCUT2D eigenvalue weighted by Gasteiger charge is -2.35. The number of hydrogen-bond donors (Lipinski definition) is 1. The van der Waals surface area contributed by atoms with Crippen molar-refractivity contribution in [2.75, 3.05) is 32.7 Å². The normalized spacial score (nSPS) is 24.9. The number of sulfonamides is 1. The van der Waals surface area contributed by atoms with E-state index in [1.165, 1.54) is 47.9 Å². The molecule has 28 heavy (non-hydrogen) atoms. The van der Waals surface area contributed by atoms with Crippen LogP contribution in [0.25, 0.3) is 0 Å². The Morgan fingerprint density at radius 2 is 2.11 bits per heavy atom. The van der Waals surface area contributed by atoms with Crippen LogP contribution < -0.4 is 5.32 Å². The maximum Gasteiger partial charge on any atom is 0.252 e. The maximum absolute atomic E-state index is 12.7. The van der Waals surface area contributed by atoms with E-state index in [0.717, 1.165) is 25.8 Å². The average molecular weight is 428 g/mol. The molecule has 3 heterocycles. The largest absolute Gasteiger partial charge is 0.356 e. The number of carbonyl (C=O) groups is 1. The Morgan fingerprint density at radius 3 is 2.86 bits per heavy atom. The van der Waals surface area contributed by atoms with E-state index in [2.05, 4.69) is 17.1 Å². The summed E-state index contributed by atoms with van der Waals surface area (Å²) in [5.74, 6) is -0.251. The number of nitrogens with one attached hydrogen (secondary N) is 1.